The molecule has 1 aliphatic carbocycles. The Morgan fingerprint density at radius 2 is 1.81 bits per heavy atom. The molecule has 1 aromatic carbocycles. The van der Waals surface area contributed by atoms with Crippen molar-refractivity contribution in [2.24, 2.45) is 5.73 Å². The summed E-state index contributed by atoms with van der Waals surface area (Å²) in [6.45, 7) is 0. The van der Waals surface area contributed by atoms with Crippen molar-refractivity contribution >= 4 is 11.6 Å². The van der Waals surface area contributed by atoms with E-state index in [1.807, 2.05) is 36.4 Å². The van der Waals surface area contributed by atoms with Crippen LogP contribution >= 0.6 is 11.6 Å². The Morgan fingerprint density at radius 1 is 1.12 bits per heavy atom. The van der Waals surface area contributed by atoms with Crippen LogP contribution in [0.4, 0.5) is 0 Å². The van der Waals surface area contributed by atoms with Crippen LogP contribution in [0.3, 0.4) is 0 Å². The second-order valence-electron chi connectivity index (χ2n) is 4.21. The van der Waals surface area contributed by atoms with E-state index in [1.165, 1.54) is 0 Å². The van der Waals surface area contributed by atoms with Gasteiger partial charge in [0.05, 0.1) is 0 Å². The van der Waals surface area contributed by atoms with Gasteiger partial charge in [0.2, 0.25) is 0 Å². The predicted octanol–water partition coefficient (Wildman–Crippen LogP) is 3.41. The number of rotatable bonds is 2. The smallest absolute Gasteiger partial charge is 0.134 e. The van der Waals surface area contributed by atoms with Gasteiger partial charge in [-0.3, -0.25) is 0 Å². The van der Waals surface area contributed by atoms with Crippen molar-refractivity contribution in [1.82, 2.24) is 0 Å². The first-order valence-electron chi connectivity index (χ1n) is 5.35. The molecule has 2 N–H and O–H groups in total. The van der Waals surface area contributed by atoms with Crippen LogP contribution < -0.4 is 5.73 Å². The zero-order valence-corrected chi connectivity index (χ0v) is 9.45. The third-order valence-electron chi connectivity index (χ3n) is 2.96. The lowest BCUT2D eigenvalue weighted by molar-refractivity contribution is 0.522. The maximum absolute atomic E-state index is 5.84. The van der Waals surface area contributed by atoms with Gasteiger partial charge >= 0.3 is 0 Å². The molecule has 3 rings (SSSR count). The van der Waals surface area contributed by atoms with Crippen molar-refractivity contribution in [3.63, 3.8) is 0 Å². The van der Waals surface area contributed by atoms with E-state index in [2.05, 4.69) is 0 Å². The summed E-state index contributed by atoms with van der Waals surface area (Å²) in [4.78, 5) is 0. The van der Waals surface area contributed by atoms with Gasteiger partial charge in [-0.1, -0.05) is 11.6 Å². The van der Waals surface area contributed by atoms with E-state index in [-0.39, 0.29) is 6.04 Å². The lowest BCUT2D eigenvalue weighted by Crippen LogP contribution is -2.00. The van der Waals surface area contributed by atoms with Crippen molar-refractivity contribution in [2.45, 2.75) is 18.4 Å². The summed E-state index contributed by atoms with van der Waals surface area (Å²) in [5, 5.41) is 0.736. The topological polar surface area (TPSA) is 39.2 Å². The second-order valence-corrected chi connectivity index (χ2v) is 4.65. The molecule has 82 valence electrons. The van der Waals surface area contributed by atoms with Crippen LogP contribution in [0.2, 0.25) is 5.02 Å². The molecule has 1 fully saturated rings. The van der Waals surface area contributed by atoms with Crippen molar-refractivity contribution in [3.8, 4) is 11.3 Å². The maximum Gasteiger partial charge on any atom is 0.134 e. The standard InChI is InChI=1S/C13H12ClNO/c14-9-3-1-8(2-4-9)12-5-6-13(16-12)10-7-11(10)15/h1-6,10-11H,7,15H2. The molecule has 0 radical (unpaired) electrons. The summed E-state index contributed by atoms with van der Waals surface area (Å²) in [7, 11) is 0. The third-order valence-corrected chi connectivity index (χ3v) is 3.21. The molecular weight excluding hydrogens is 222 g/mol. The predicted molar refractivity (Wildman–Crippen MR) is 64.5 cm³/mol. The third kappa shape index (κ3) is 1.75. The fourth-order valence-corrected chi connectivity index (χ4v) is 1.99. The van der Waals surface area contributed by atoms with Gasteiger partial charge in [0, 0.05) is 22.5 Å². The summed E-state index contributed by atoms with van der Waals surface area (Å²) >= 11 is 5.84. The molecule has 1 aromatic heterocycles. The molecule has 2 nitrogen and oxygen atoms in total. The van der Waals surface area contributed by atoms with E-state index in [9.17, 15) is 0 Å². The van der Waals surface area contributed by atoms with E-state index in [1.54, 1.807) is 0 Å². The van der Waals surface area contributed by atoms with E-state index in [0.717, 1.165) is 28.5 Å². The number of hydrogen-bond donors (Lipinski definition) is 1. The highest BCUT2D eigenvalue weighted by atomic mass is 35.5. The van der Waals surface area contributed by atoms with Gasteiger partial charge in [-0.2, -0.15) is 0 Å². The minimum atomic E-state index is 0.282. The van der Waals surface area contributed by atoms with Crippen molar-refractivity contribution < 1.29 is 4.42 Å². The lowest BCUT2D eigenvalue weighted by atomic mass is 10.2. The number of nitrogens with two attached hydrogens (primary N) is 1. The molecule has 0 amide bonds. The average Bonchev–Trinajstić information content (AvgIpc) is 2.82. The molecule has 0 spiro atoms. The van der Waals surface area contributed by atoms with E-state index in [0.29, 0.717) is 5.92 Å². The van der Waals surface area contributed by atoms with Gasteiger partial charge in [0.15, 0.2) is 0 Å². The number of furan rings is 1. The van der Waals surface area contributed by atoms with Crippen LogP contribution in [-0.4, -0.2) is 6.04 Å². The van der Waals surface area contributed by atoms with Gasteiger partial charge in [-0.05, 0) is 42.8 Å². The Morgan fingerprint density at radius 3 is 2.44 bits per heavy atom. The minimum absolute atomic E-state index is 0.282. The molecule has 0 bridgehead atoms. The number of halogens is 1. The Labute approximate surface area is 99.0 Å². The van der Waals surface area contributed by atoms with Crippen molar-refractivity contribution in [2.75, 3.05) is 0 Å². The Bertz CT molecular complexity index is 503. The zero-order chi connectivity index (χ0) is 11.1. The molecule has 1 heterocycles. The molecule has 1 aliphatic rings. The first-order chi connectivity index (χ1) is 7.74. The van der Waals surface area contributed by atoms with Crippen molar-refractivity contribution in [1.29, 1.82) is 0 Å². The molecule has 2 atom stereocenters. The maximum atomic E-state index is 5.84. The van der Waals surface area contributed by atoms with E-state index < -0.39 is 0 Å². The summed E-state index contributed by atoms with van der Waals surface area (Å²) in [6.07, 6.45) is 1.04. The highest BCUT2D eigenvalue weighted by Gasteiger charge is 2.37. The van der Waals surface area contributed by atoms with E-state index in [4.69, 9.17) is 21.8 Å². The Balaban J connectivity index is 1.89. The number of hydrogen-bond acceptors (Lipinski definition) is 2. The van der Waals surface area contributed by atoms with Crippen LogP contribution in [0.25, 0.3) is 11.3 Å². The fraction of sp³-hybridized carbons (Fsp3) is 0.231. The van der Waals surface area contributed by atoms with Crippen LogP contribution in [0, 0.1) is 0 Å². The first-order valence-corrected chi connectivity index (χ1v) is 5.73. The van der Waals surface area contributed by atoms with Gasteiger partial charge in [-0.25, -0.2) is 0 Å². The summed E-state index contributed by atoms with van der Waals surface area (Å²) in [6, 6.07) is 11.9. The molecule has 1 saturated carbocycles. The SMILES string of the molecule is NC1CC1c1ccc(-c2ccc(Cl)cc2)o1. The lowest BCUT2D eigenvalue weighted by Gasteiger charge is -1.97. The second kappa shape index (κ2) is 3.65. The minimum Gasteiger partial charge on any atom is -0.461 e. The van der Waals surface area contributed by atoms with Crippen LogP contribution in [-0.2, 0) is 0 Å². The summed E-state index contributed by atoms with van der Waals surface area (Å²) in [5.74, 6) is 2.30. The zero-order valence-electron chi connectivity index (χ0n) is 8.69. The van der Waals surface area contributed by atoms with Gasteiger partial charge in [-0.15, -0.1) is 0 Å². The number of benzene rings is 1. The molecule has 16 heavy (non-hydrogen) atoms. The molecule has 3 heteroatoms. The average molecular weight is 234 g/mol. The monoisotopic (exact) mass is 233 g/mol. The Hall–Kier alpha value is -1.25. The highest BCUT2D eigenvalue weighted by Crippen LogP contribution is 2.41. The van der Waals surface area contributed by atoms with E-state index >= 15 is 0 Å². The first kappa shape index (κ1) is 9.94. The normalized spacial score (nSPS) is 23.4. The molecule has 0 saturated heterocycles. The molecular formula is C13H12ClNO. The summed E-state index contributed by atoms with van der Waals surface area (Å²) in [5.41, 5.74) is 6.84. The molecule has 2 aromatic rings. The van der Waals surface area contributed by atoms with Crippen molar-refractivity contribution in [3.05, 3.63) is 47.2 Å². The molecule has 0 aliphatic heterocycles. The van der Waals surface area contributed by atoms with Crippen LogP contribution in [0.5, 0.6) is 0 Å². The van der Waals surface area contributed by atoms with Gasteiger partial charge in [0.1, 0.15) is 11.5 Å². The molecule has 2 unspecified atom stereocenters. The Kier molecular flexibility index (Phi) is 2.27. The largest absolute Gasteiger partial charge is 0.461 e. The fourth-order valence-electron chi connectivity index (χ4n) is 1.86. The van der Waals surface area contributed by atoms with Gasteiger partial charge in [0.25, 0.3) is 0 Å². The van der Waals surface area contributed by atoms with Crippen LogP contribution in [0.15, 0.2) is 40.8 Å². The highest BCUT2D eigenvalue weighted by molar-refractivity contribution is 6.30. The van der Waals surface area contributed by atoms with Gasteiger partial charge < -0.3 is 10.2 Å². The summed E-state index contributed by atoms with van der Waals surface area (Å²) < 4.78 is 5.78. The quantitative estimate of drug-likeness (QED) is 0.863. The van der Waals surface area contributed by atoms with Crippen LogP contribution in [0.1, 0.15) is 18.1 Å².